The summed E-state index contributed by atoms with van der Waals surface area (Å²) in [5.41, 5.74) is -0.437. The molecule has 0 saturated heterocycles. The summed E-state index contributed by atoms with van der Waals surface area (Å²) in [6.07, 6.45) is 3.64. The van der Waals surface area contributed by atoms with Gasteiger partial charge in [0.15, 0.2) is 0 Å². The summed E-state index contributed by atoms with van der Waals surface area (Å²) < 4.78 is 28.2. The standard InChI is InChI=1S/C10H19N3O2S/c1-5-10(3,4)12-16(14,15)9-7-11-13(6-2)8-9/h7-8,12H,5-6H2,1-4H3. The molecule has 1 rings (SSSR count). The molecule has 0 radical (unpaired) electrons. The van der Waals surface area contributed by atoms with Crippen LogP contribution in [0.1, 0.15) is 34.1 Å². The molecular formula is C10H19N3O2S. The Hall–Kier alpha value is -0.880. The summed E-state index contributed by atoms with van der Waals surface area (Å²) in [6, 6.07) is 0. The van der Waals surface area contributed by atoms with Crippen molar-refractivity contribution in [2.75, 3.05) is 0 Å². The Balaban J connectivity index is 2.94. The van der Waals surface area contributed by atoms with Crippen molar-refractivity contribution in [1.82, 2.24) is 14.5 Å². The molecule has 0 aromatic carbocycles. The largest absolute Gasteiger partial charge is 0.272 e. The van der Waals surface area contributed by atoms with Gasteiger partial charge in [-0.1, -0.05) is 6.92 Å². The van der Waals surface area contributed by atoms with Crippen LogP contribution in [0.5, 0.6) is 0 Å². The Morgan fingerprint density at radius 3 is 2.50 bits per heavy atom. The molecule has 1 aromatic heterocycles. The summed E-state index contributed by atoms with van der Waals surface area (Å²) in [7, 11) is -3.45. The SMILES string of the molecule is CCn1cc(S(=O)(=O)NC(C)(C)CC)cn1. The molecular weight excluding hydrogens is 226 g/mol. The molecule has 1 aromatic rings. The zero-order valence-electron chi connectivity index (χ0n) is 10.2. The summed E-state index contributed by atoms with van der Waals surface area (Å²) in [5, 5.41) is 3.95. The fourth-order valence-electron chi connectivity index (χ4n) is 1.15. The number of nitrogens with zero attached hydrogens (tertiary/aromatic N) is 2. The molecule has 0 fully saturated rings. The Kier molecular flexibility index (Phi) is 3.75. The summed E-state index contributed by atoms with van der Waals surface area (Å²) in [6.45, 7) is 8.22. The average Bonchev–Trinajstić information content (AvgIpc) is 2.65. The van der Waals surface area contributed by atoms with E-state index in [2.05, 4.69) is 9.82 Å². The Labute approximate surface area is 96.9 Å². The third kappa shape index (κ3) is 3.05. The predicted octanol–water partition coefficient (Wildman–Crippen LogP) is 1.37. The van der Waals surface area contributed by atoms with Crippen LogP contribution in [0.3, 0.4) is 0 Å². The highest BCUT2D eigenvalue weighted by molar-refractivity contribution is 7.89. The molecule has 1 heterocycles. The molecule has 0 bridgehead atoms. The van der Waals surface area contributed by atoms with Gasteiger partial charge < -0.3 is 0 Å². The minimum Gasteiger partial charge on any atom is -0.272 e. The minimum absolute atomic E-state index is 0.218. The van der Waals surface area contributed by atoms with E-state index in [1.165, 1.54) is 12.4 Å². The first-order valence-corrected chi connectivity index (χ1v) is 6.85. The highest BCUT2D eigenvalue weighted by Gasteiger charge is 2.25. The van der Waals surface area contributed by atoms with Crippen molar-refractivity contribution in [2.24, 2.45) is 0 Å². The van der Waals surface area contributed by atoms with Crippen molar-refractivity contribution in [3.05, 3.63) is 12.4 Å². The Bertz CT molecular complexity index is 448. The number of rotatable bonds is 5. The van der Waals surface area contributed by atoms with E-state index in [-0.39, 0.29) is 4.90 Å². The lowest BCUT2D eigenvalue weighted by atomic mass is 10.0. The number of hydrogen-bond donors (Lipinski definition) is 1. The maximum Gasteiger partial charge on any atom is 0.244 e. The maximum atomic E-state index is 12.0. The van der Waals surface area contributed by atoms with Crippen LogP contribution in [0.2, 0.25) is 0 Å². The number of aromatic nitrogens is 2. The van der Waals surface area contributed by atoms with Crippen LogP contribution < -0.4 is 4.72 Å². The molecule has 16 heavy (non-hydrogen) atoms. The summed E-state index contributed by atoms with van der Waals surface area (Å²) >= 11 is 0. The second kappa shape index (κ2) is 4.55. The lowest BCUT2D eigenvalue weighted by Gasteiger charge is -2.23. The molecule has 0 aliphatic rings. The fraction of sp³-hybridized carbons (Fsp3) is 0.700. The molecule has 0 aliphatic heterocycles. The van der Waals surface area contributed by atoms with Gasteiger partial charge in [-0.05, 0) is 27.2 Å². The van der Waals surface area contributed by atoms with E-state index in [1.807, 2.05) is 27.7 Å². The van der Waals surface area contributed by atoms with E-state index in [4.69, 9.17) is 0 Å². The molecule has 0 saturated carbocycles. The van der Waals surface area contributed by atoms with Crippen molar-refractivity contribution in [3.8, 4) is 0 Å². The smallest absolute Gasteiger partial charge is 0.244 e. The van der Waals surface area contributed by atoms with E-state index in [0.29, 0.717) is 6.54 Å². The number of aryl methyl sites for hydroxylation is 1. The van der Waals surface area contributed by atoms with Crippen molar-refractivity contribution < 1.29 is 8.42 Å². The van der Waals surface area contributed by atoms with E-state index >= 15 is 0 Å². The van der Waals surface area contributed by atoms with E-state index in [0.717, 1.165) is 6.42 Å². The maximum absolute atomic E-state index is 12.0. The molecule has 6 heteroatoms. The quantitative estimate of drug-likeness (QED) is 0.852. The molecule has 5 nitrogen and oxygen atoms in total. The van der Waals surface area contributed by atoms with Gasteiger partial charge in [0.1, 0.15) is 4.90 Å². The van der Waals surface area contributed by atoms with Crippen LogP contribution in [0.4, 0.5) is 0 Å². The van der Waals surface area contributed by atoms with Gasteiger partial charge in [0.05, 0.1) is 6.20 Å². The van der Waals surface area contributed by atoms with Crippen molar-refractivity contribution >= 4 is 10.0 Å². The summed E-state index contributed by atoms with van der Waals surface area (Å²) in [4.78, 5) is 0.218. The molecule has 0 atom stereocenters. The van der Waals surface area contributed by atoms with Crippen LogP contribution in [0, 0.1) is 0 Å². The number of nitrogens with one attached hydrogen (secondary N) is 1. The molecule has 0 spiro atoms. The molecule has 0 unspecified atom stereocenters. The molecule has 0 aliphatic carbocycles. The zero-order chi connectivity index (χ0) is 12.4. The highest BCUT2D eigenvalue weighted by atomic mass is 32.2. The van der Waals surface area contributed by atoms with Gasteiger partial charge in [-0.3, -0.25) is 4.68 Å². The summed E-state index contributed by atoms with van der Waals surface area (Å²) in [5.74, 6) is 0. The van der Waals surface area contributed by atoms with Crippen LogP contribution in [0.25, 0.3) is 0 Å². The van der Waals surface area contributed by atoms with Crippen molar-refractivity contribution in [2.45, 2.75) is 51.1 Å². The van der Waals surface area contributed by atoms with Gasteiger partial charge in [-0.15, -0.1) is 0 Å². The van der Waals surface area contributed by atoms with Gasteiger partial charge in [0, 0.05) is 18.3 Å². The number of hydrogen-bond acceptors (Lipinski definition) is 3. The predicted molar refractivity (Wildman–Crippen MR) is 62.6 cm³/mol. The van der Waals surface area contributed by atoms with Gasteiger partial charge in [-0.2, -0.15) is 5.10 Å². The van der Waals surface area contributed by atoms with Gasteiger partial charge >= 0.3 is 0 Å². The van der Waals surface area contributed by atoms with Crippen LogP contribution in [0.15, 0.2) is 17.3 Å². The Morgan fingerprint density at radius 1 is 1.44 bits per heavy atom. The Morgan fingerprint density at radius 2 is 2.06 bits per heavy atom. The molecule has 1 N–H and O–H groups in total. The molecule has 0 amide bonds. The topological polar surface area (TPSA) is 64.0 Å². The molecule has 92 valence electrons. The van der Waals surface area contributed by atoms with E-state index in [1.54, 1.807) is 4.68 Å². The van der Waals surface area contributed by atoms with Crippen LogP contribution >= 0.6 is 0 Å². The lowest BCUT2D eigenvalue weighted by molar-refractivity contribution is 0.439. The van der Waals surface area contributed by atoms with Crippen LogP contribution in [-0.2, 0) is 16.6 Å². The second-order valence-electron chi connectivity index (χ2n) is 4.37. The fourth-order valence-corrected chi connectivity index (χ4v) is 2.59. The van der Waals surface area contributed by atoms with Gasteiger partial charge in [0.2, 0.25) is 10.0 Å². The first-order chi connectivity index (χ1) is 7.30. The second-order valence-corrected chi connectivity index (χ2v) is 6.06. The van der Waals surface area contributed by atoms with E-state index < -0.39 is 15.6 Å². The highest BCUT2D eigenvalue weighted by Crippen LogP contribution is 2.14. The van der Waals surface area contributed by atoms with Gasteiger partial charge in [-0.25, -0.2) is 13.1 Å². The minimum atomic E-state index is -3.45. The van der Waals surface area contributed by atoms with E-state index in [9.17, 15) is 8.42 Å². The van der Waals surface area contributed by atoms with Crippen LogP contribution in [-0.4, -0.2) is 23.7 Å². The lowest BCUT2D eigenvalue weighted by Crippen LogP contribution is -2.42. The average molecular weight is 245 g/mol. The monoisotopic (exact) mass is 245 g/mol. The zero-order valence-corrected chi connectivity index (χ0v) is 11.0. The normalized spacial score (nSPS) is 13.0. The van der Waals surface area contributed by atoms with Gasteiger partial charge in [0.25, 0.3) is 0 Å². The third-order valence-corrected chi connectivity index (χ3v) is 4.19. The first kappa shape index (κ1) is 13.2. The van der Waals surface area contributed by atoms with Crippen molar-refractivity contribution in [1.29, 1.82) is 0 Å². The number of sulfonamides is 1. The first-order valence-electron chi connectivity index (χ1n) is 5.37. The third-order valence-electron chi connectivity index (χ3n) is 2.54. The van der Waals surface area contributed by atoms with Crippen molar-refractivity contribution in [3.63, 3.8) is 0 Å².